The quantitative estimate of drug-likeness (QED) is 0.671. The molecule has 4 rings (SSSR count). The third kappa shape index (κ3) is 3.31. The summed E-state index contributed by atoms with van der Waals surface area (Å²) >= 11 is 0. The summed E-state index contributed by atoms with van der Waals surface area (Å²) in [5, 5.41) is 3.52. The van der Waals surface area contributed by atoms with Gasteiger partial charge in [0.25, 0.3) is 0 Å². The third-order valence-electron chi connectivity index (χ3n) is 4.89. The Balaban J connectivity index is 1.80. The van der Waals surface area contributed by atoms with Crippen LogP contribution in [0, 0.1) is 0 Å². The summed E-state index contributed by atoms with van der Waals surface area (Å²) in [7, 11) is 4.79. The van der Waals surface area contributed by atoms with E-state index in [-0.39, 0.29) is 6.10 Å². The second-order valence-electron chi connectivity index (χ2n) is 6.54. The number of rotatable bonds is 7. The van der Waals surface area contributed by atoms with Gasteiger partial charge in [0, 0.05) is 31.1 Å². The largest absolute Gasteiger partial charge is 0.493 e. The maximum Gasteiger partial charge on any atom is 0.203 e. The number of nitrogens with one attached hydrogen (secondary N) is 1. The molecule has 2 aromatic heterocycles. The van der Waals surface area contributed by atoms with Gasteiger partial charge in [-0.1, -0.05) is 0 Å². The van der Waals surface area contributed by atoms with Crippen molar-refractivity contribution < 1.29 is 18.9 Å². The molecule has 1 aliphatic heterocycles. The normalized spacial score (nSPS) is 16.3. The Morgan fingerprint density at radius 1 is 1.18 bits per heavy atom. The van der Waals surface area contributed by atoms with E-state index in [9.17, 15) is 0 Å². The number of ether oxygens (including phenoxy) is 4. The van der Waals surface area contributed by atoms with Gasteiger partial charge in [-0.2, -0.15) is 0 Å². The average Bonchev–Trinajstić information content (AvgIpc) is 3.38. The molecule has 1 aromatic carbocycles. The topological polar surface area (TPSA) is 79.1 Å². The molecular weight excluding hydrogens is 360 g/mol. The molecule has 0 amide bonds. The molecule has 0 saturated carbocycles. The molecule has 0 radical (unpaired) electrons. The summed E-state index contributed by atoms with van der Waals surface area (Å²) < 4.78 is 24.2. The lowest BCUT2D eigenvalue weighted by Gasteiger charge is -2.15. The van der Waals surface area contributed by atoms with Gasteiger partial charge in [0.15, 0.2) is 17.1 Å². The second-order valence-corrected chi connectivity index (χ2v) is 6.54. The Morgan fingerprint density at radius 3 is 2.61 bits per heavy atom. The Bertz CT molecular complexity index is 941. The van der Waals surface area contributed by atoms with Crippen LogP contribution in [-0.4, -0.2) is 55.0 Å². The molecule has 0 bridgehead atoms. The van der Waals surface area contributed by atoms with Crippen molar-refractivity contribution in [3.63, 3.8) is 0 Å². The van der Waals surface area contributed by atoms with Crippen LogP contribution in [0.2, 0.25) is 0 Å². The van der Waals surface area contributed by atoms with Crippen molar-refractivity contribution in [2.75, 3.05) is 39.8 Å². The molecule has 148 valence electrons. The molecule has 1 aliphatic rings. The number of aromatic nitrogens is 3. The van der Waals surface area contributed by atoms with Gasteiger partial charge in [-0.3, -0.25) is 9.38 Å². The van der Waals surface area contributed by atoms with Gasteiger partial charge >= 0.3 is 0 Å². The van der Waals surface area contributed by atoms with Gasteiger partial charge in [0.05, 0.1) is 33.6 Å². The first-order valence-corrected chi connectivity index (χ1v) is 9.23. The molecule has 8 heteroatoms. The molecule has 1 atom stereocenters. The van der Waals surface area contributed by atoms with Gasteiger partial charge in [-0.25, -0.2) is 4.98 Å². The van der Waals surface area contributed by atoms with Crippen molar-refractivity contribution in [2.24, 2.45) is 0 Å². The maximum atomic E-state index is 5.75. The number of anilines is 1. The van der Waals surface area contributed by atoms with Crippen LogP contribution in [0.1, 0.15) is 12.8 Å². The number of benzene rings is 1. The predicted molar refractivity (Wildman–Crippen MR) is 106 cm³/mol. The van der Waals surface area contributed by atoms with Gasteiger partial charge < -0.3 is 24.3 Å². The monoisotopic (exact) mass is 384 g/mol. The molecule has 8 nitrogen and oxygen atoms in total. The molecule has 1 N–H and O–H groups in total. The van der Waals surface area contributed by atoms with Crippen molar-refractivity contribution in [3.05, 3.63) is 30.7 Å². The summed E-state index contributed by atoms with van der Waals surface area (Å²) in [6.45, 7) is 1.54. The van der Waals surface area contributed by atoms with E-state index >= 15 is 0 Å². The van der Waals surface area contributed by atoms with Crippen LogP contribution in [0.3, 0.4) is 0 Å². The maximum absolute atomic E-state index is 5.75. The molecule has 28 heavy (non-hydrogen) atoms. The Labute approximate surface area is 163 Å². The highest BCUT2D eigenvalue weighted by atomic mass is 16.5. The summed E-state index contributed by atoms with van der Waals surface area (Å²) in [6.07, 6.45) is 7.74. The SMILES string of the molecule is COc1cc(-c2nc3cnccn3c2NC[C@H]2CCCO2)cc(OC)c1OC. The number of hydrogen-bond donors (Lipinski definition) is 1. The molecule has 1 fully saturated rings. The van der Waals surface area contributed by atoms with Gasteiger partial charge in [-0.05, 0) is 25.0 Å². The van der Waals surface area contributed by atoms with Gasteiger partial charge in [0.2, 0.25) is 5.75 Å². The van der Waals surface area contributed by atoms with Crippen LogP contribution < -0.4 is 19.5 Å². The smallest absolute Gasteiger partial charge is 0.203 e. The fourth-order valence-electron chi connectivity index (χ4n) is 3.51. The van der Waals surface area contributed by atoms with E-state index in [1.165, 1.54) is 0 Å². The minimum Gasteiger partial charge on any atom is -0.493 e. The van der Waals surface area contributed by atoms with Crippen LogP contribution in [0.5, 0.6) is 17.2 Å². The van der Waals surface area contributed by atoms with Crippen LogP contribution >= 0.6 is 0 Å². The minimum atomic E-state index is 0.208. The highest BCUT2D eigenvalue weighted by molar-refractivity contribution is 5.79. The Kier molecular flexibility index (Phi) is 5.21. The standard InChI is InChI=1S/C20H24N4O4/c1-25-15-9-13(10-16(26-2)19(15)27-3)18-20(22-11-14-5-4-8-28-14)24-7-6-21-12-17(24)23-18/h6-7,9-10,12,14,22H,4-5,8,11H2,1-3H3/t14-/m1/s1. The van der Waals surface area contributed by atoms with E-state index in [1.54, 1.807) is 33.7 Å². The van der Waals surface area contributed by atoms with Crippen molar-refractivity contribution in [1.82, 2.24) is 14.4 Å². The molecule has 0 spiro atoms. The summed E-state index contributed by atoms with van der Waals surface area (Å²) in [5.41, 5.74) is 2.39. The zero-order valence-electron chi connectivity index (χ0n) is 16.3. The van der Waals surface area contributed by atoms with Crippen molar-refractivity contribution in [1.29, 1.82) is 0 Å². The van der Waals surface area contributed by atoms with Crippen molar-refractivity contribution >= 4 is 11.5 Å². The lowest BCUT2D eigenvalue weighted by molar-refractivity contribution is 0.120. The summed E-state index contributed by atoms with van der Waals surface area (Å²) in [5.74, 6) is 2.59. The van der Waals surface area contributed by atoms with E-state index in [2.05, 4.69) is 10.3 Å². The van der Waals surface area contributed by atoms with E-state index in [1.807, 2.05) is 22.7 Å². The third-order valence-corrected chi connectivity index (χ3v) is 4.89. The van der Waals surface area contributed by atoms with Crippen LogP contribution in [0.4, 0.5) is 5.82 Å². The predicted octanol–water partition coefficient (Wildman–Crippen LogP) is 3.01. The van der Waals surface area contributed by atoms with Crippen molar-refractivity contribution in [3.8, 4) is 28.5 Å². The van der Waals surface area contributed by atoms with Gasteiger partial charge in [0.1, 0.15) is 11.5 Å². The molecule has 1 saturated heterocycles. The number of imidazole rings is 1. The molecule has 0 aliphatic carbocycles. The van der Waals surface area contributed by atoms with Crippen molar-refractivity contribution in [2.45, 2.75) is 18.9 Å². The second kappa shape index (κ2) is 7.93. The number of fused-ring (bicyclic) bond motifs is 1. The van der Waals surface area contributed by atoms with Crippen LogP contribution in [0.25, 0.3) is 16.9 Å². The van der Waals surface area contributed by atoms with Gasteiger partial charge in [-0.15, -0.1) is 0 Å². The van der Waals surface area contributed by atoms with E-state index in [0.717, 1.165) is 42.2 Å². The first-order chi connectivity index (χ1) is 13.7. The van der Waals surface area contributed by atoms with Crippen LogP contribution in [0.15, 0.2) is 30.7 Å². The minimum absolute atomic E-state index is 0.208. The Morgan fingerprint density at radius 2 is 1.96 bits per heavy atom. The van der Waals surface area contributed by atoms with Crippen LogP contribution in [-0.2, 0) is 4.74 Å². The van der Waals surface area contributed by atoms with E-state index in [4.69, 9.17) is 23.9 Å². The number of hydrogen-bond acceptors (Lipinski definition) is 7. The number of methoxy groups -OCH3 is 3. The zero-order chi connectivity index (χ0) is 19.5. The van der Waals surface area contributed by atoms with E-state index < -0.39 is 0 Å². The fourth-order valence-corrected chi connectivity index (χ4v) is 3.51. The molecule has 3 heterocycles. The zero-order valence-corrected chi connectivity index (χ0v) is 16.3. The lowest BCUT2D eigenvalue weighted by atomic mass is 10.1. The number of nitrogens with zero attached hydrogens (tertiary/aromatic N) is 3. The highest BCUT2D eigenvalue weighted by Crippen LogP contribution is 2.42. The fraction of sp³-hybridized carbons (Fsp3) is 0.400. The first-order valence-electron chi connectivity index (χ1n) is 9.23. The average molecular weight is 384 g/mol. The molecule has 3 aromatic rings. The lowest BCUT2D eigenvalue weighted by Crippen LogP contribution is -2.19. The summed E-state index contributed by atoms with van der Waals surface area (Å²) in [6, 6.07) is 3.79. The molecular formula is C20H24N4O4. The summed E-state index contributed by atoms with van der Waals surface area (Å²) in [4.78, 5) is 8.97. The highest BCUT2D eigenvalue weighted by Gasteiger charge is 2.21. The Hall–Kier alpha value is -3.00. The molecule has 0 unspecified atom stereocenters. The van der Waals surface area contributed by atoms with E-state index in [0.29, 0.717) is 23.8 Å². The first kappa shape index (κ1) is 18.4.